The number of rotatable bonds is 2. The van der Waals surface area contributed by atoms with E-state index in [4.69, 9.17) is 5.73 Å². The van der Waals surface area contributed by atoms with Gasteiger partial charge in [0.15, 0.2) is 15.8 Å². The normalized spacial score (nSPS) is 28.8. The van der Waals surface area contributed by atoms with Crippen LogP contribution >= 0.6 is 0 Å². The van der Waals surface area contributed by atoms with Gasteiger partial charge in [0.05, 0.1) is 17.5 Å². The zero-order valence-corrected chi connectivity index (χ0v) is 11.4. The van der Waals surface area contributed by atoms with Crippen LogP contribution in [-0.4, -0.2) is 42.9 Å². The molecular weight excluding hydrogens is 262 g/mol. The van der Waals surface area contributed by atoms with E-state index in [0.29, 0.717) is 25.5 Å². The van der Waals surface area contributed by atoms with Gasteiger partial charge in [-0.2, -0.15) is 0 Å². The highest BCUT2D eigenvalue weighted by atomic mass is 32.2. The molecule has 6 heteroatoms. The van der Waals surface area contributed by atoms with Crippen LogP contribution in [0.1, 0.15) is 12.0 Å². The predicted octanol–water partition coefficient (Wildman–Crippen LogP) is 0.373. The fourth-order valence-corrected chi connectivity index (χ4v) is 4.85. The summed E-state index contributed by atoms with van der Waals surface area (Å²) in [5.41, 5.74) is 7.08. The third kappa shape index (κ3) is 2.32. The Morgan fingerprint density at radius 1 is 1.37 bits per heavy atom. The number of benzene rings is 1. The van der Waals surface area contributed by atoms with Gasteiger partial charge in [-0.1, -0.05) is 30.3 Å². The van der Waals surface area contributed by atoms with E-state index in [2.05, 4.69) is 4.99 Å². The topological polar surface area (TPSA) is 75.8 Å². The van der Waals surface area contributed by atoms with Crippen LogP contribution in [0, 0.1) is 0 Å². The first kappa shape index (κ1) is 12.5. The average Bonchev–Trinajstić information content (AvgIpc) is 2.93. The van der Waals surface area contributed by atoms with Gasteiger partial charge in [0.25, 0.3) is 0 Å². The number of hydrogen-bond donors (Lipinski definition) is 1. The number of aliphatic imine (C=N–C) groups is 1. The second-order valence-electron chi connectivity index (χ2n) is 5.15. The van der Waals surface area contributed by atoms with Crippen LogP contribution in [0.3, 0.4) is 0 Å². The first-order valence-electron chi connectivity index (χ1n) is 6.38. The molecule has 2 heterocycles. The Kier molecular flexibility index (Phi) is 2.97. The van der Waals surface area contributed by atoms with Crippen LogP contribution in [-0.2, 0) is 16.4 Å². The lowest BCUT2D eigenvalue weighted by Crippen LogP contribution is -2.47. The Bertz CT molecular complexity index is 598. The maximum absolute atomic E-state index is 11.7. The molecule has 2 saturated heterocycles. The van der Waals surface area contributed by atoms with Crippen LogP contribution in [0.4, 0.5) is 0 Å². The summed E-state index contributed by atoms with van der Waals surface area (Å²) in [5.74, 6) is 0.686. The predicted molar refractivity (Wildman–Crippen MR) is 74.5 cm³/mol. The van der Waals surface area contributed by atoms with E-state index in [1.807, 2.05) is 35.2 Å². The fourth-order valence-electron chi connectivity index (χ4n) is 2.82. The average molecular weight is 279 g/mol. The molecule has 1 aromatic rings. The quantitative estimate of drug-likeness (QED) is 0.627. The van der Waals surface area contributed by atoms with Crippen molar-refractivity contribution < 1.29 is 8.42 Å². The smallest absolute Gasteiger partial charge is 0.191 e. The molecule has 0 saturated carbocycles. The molecule has 3 rings (SSSR count). The standard InChI is InChI=1S/C13H17N3O2S/c14-13(15-7-10-4-2-1-3-5-10)16-8-12-6-11(16)9-19(12,17)18/h1-5,11-12H,6-9H2,(H2,14,15). The van der Waals surface area contributed by atoms with E-state index in [-0.39, 0.29) is 17.0 Å². The minimum Gasteiger partial charge on any atom is -0.370 e. The first-order chi connectivity index (χ1) is 9.06. The van der Waals surface area contributed by atoms with Gasteiger partial charge >= 0.3 is 0 Å². The van der Waals surface area contributed by atoms with Crippen LogP contribution in [0.15, 0.2) is 35.3 Å². The van der Waals surface area contributed by atoms with Crippen molar-refractivity contribution in [2.75, 3.05) is 12.3 Å². The molecule has 2 fully saturated rings. The van der Waals surface area contributed by atoms with Crippen molar-refractivity contribution >= 4 is 15.8 Å². The zero-order chi connectivity index (χ0) is 13.5. The molecule has 5 nitrogen and oxygen atoms in total. The van der Waals surface area contributed by atoms with Crippen molar-refractivity contribution in [1.82, 2.24) is 4.90 Å². The van der Waals surface area contributed by atoms with Crippen LogP contribution < -0.4 is 5.73 Å². The molecule has 2 atom stereocenters. The molecule has 0 aromatic heterocycles. The van der Waals surface area contributed by atoms with Crippen LogP contribution in [0.5, 0.6) is 0 Å². The molecule has 2 aliphatic heterocycles. The summed E-state index contributed by atoms with van der Waals surface area (Å²) < 4.78 is 23.3. The van der Waals surface area contributed by atoms with Gasteiger partial charge in [-0.3, -0.25) is 0 Å². The van der Waals surface area contributed by atoms with Gasteiger partial charge < -0.3 is 10.6 Å². The molecule has 2 aliphatic rings. The monoisotopic (exact) mass is 279 g/mol. The highest BCUT2D eigenvalue weighted by Gasteiger charge is 2.48. The number of fused-ring (bicyclic) bond motifs is 2. The van der Waals surface area contributed by atoms with Gasteiger partial charge in [-0.25, -0.2) is 13.4 Å². The number of likely N-dealkylation sites (tertiary alicyclic amines) is 1. The Hall–Kier alpha value is -1.56. The van der Waals surface area contributed by atoms with E-state index >= 15 is 0 Å². The fraction of sp³-hybridized carbons (Fsp3) is 0.462. The van der Waals surface area contributed by atoms with Crippen molar-refractivity contribution in [1.29, 1.82) is 0 Å². The molecular formula is C13H17N3O2S. The van der Waals surface area contributed by atoms with Gasteiger partial charge in [-0.15, -0.1) is 0 Å². The Morgan fingerprint density at radius 3 is 2.68 bits per heavy atom. The van der Waals surface area contributed by atoms with E-state index in [9.17, 15) is 8.42 Å². The third-order valence-electron chi connectivity index (χ3n) is 3.87. The van der Waals surface area contributed by atoms with Crippen molar-refractivity contribution in [2.45, 2.75) is 24.3 Å². The Morgan fingerprint density at radius 2 is 2.11 bits per heavy atom. The third-order valence-corrected chi connectivity index (χ3v) is 6.08. The van der Waals surface area contributed by atoms with E-state index in [1.165, 1.54) is 0 Å². The lowest BCUT2D eigenvalue weighted by molar-refractivity contribution is 0.401. The largest absolute Gasteiger partial charge is 0.370 e. The lowest BCUT2D eigenvalue weighted by Gasteiger charge is -2.27. The minimum atomic E-state index is -2.87. The molecule has 0 spiro atoms. The summed E-state index contributed by atoms with van der Waals surface area (Å²) >= 11 is 0. The minimum absolute atomic E-state index is 0.0227. The molecule has 0 radical (unpaired) electrons. The second kappa shape index (κ2) is 4.52. The van der Waals surface area contributed by atoms with Crippen LogP contribution in [0.25, 0.3) is 0 Å². The van der Waals surface area contributed by atoms with Gasteiger partial charge in [-0.05, 0) is 12.0 Å². The maximum atomic E-state index is 11.7. The molecule has 2 unspecified atom stereocenters. The summed E-state index contributed by atoms with van der Waals surface area (Å²) in [7, 11) is -2.87. The SMILES string of the molecule is NC(=NCc1ccccc1)N1CC2CC1CS2(=O)=O. The van der Waals surface area contributed by atoms with Gasteiger partial charge in [0.2, 0.25) is 0 Å². The highest BCUT2D eigenvalue weighted by molar-refractivity contribution is 7.92. The van der Waals surface area contributed by atoms with Gasteiger partial charge in [0.1, 0.15) is 0 Å². The van der Waals surface area contributed by atoms with Gasteiger partial charge in [0, 0.05) is 12.6 Å². The number of nitrogens with zero attached hydrogens (tertiary/aromatic N) is 2. The molecule has 2 bridgehead atoms. The maximum Gasteiger partial charge on any atom is 0.191 e. The van der Waals surface area contributed by atoms with E-state index in [1.54, 1.807) is 0 Å². The Labute approximate surface area is 113 Å². The highest BCUT2D eigenvalue weighted by Crippen LogP contribution is 2.32. The summed E-state index contributed by atoms with van der Waals surface area (Å²) in [6.07, 6.45) is 0.698. The summed E-state index contributed by atoms with van der Waals surface area (Å²) in [4.78, 5) is 6.31. The molecule has 0 amide bonds. The number of hydrogen-bond acceptors (Lipinski definition) is 3. The van der Waals surface area contributed by atoms with Crippen molar-refractivity contribution in [3.63, 3.8) is 0 Å². The molecule has 0 aliphatic carbocycles. The van der Waals surface area contributed by atoms with E-state index in [0.717, 1.165) is 5.56 Å². The molecule has 1 aromatic carbocycles. The molecule has 102 valence electrons. The number of nitrogens with two attached hydrogens (primary N) is 1. The first-order valence-corrected chi connectivity index (χ1v) is 8.10. The number of sulfone groups is 1. The van der Waals surface area contributed by atoms with Crippen molar-refractivity contribution in [3.8, 4) is 0 Å². The zero-order valence-electron chi connectivity index (χ0n) is 10.6. The molecule has 19 heavy (non-hydrogen) atoms. The Balaban J connectivity index is 1.68. The van der Waals surface area contributed by atoms with Crippen molar-refractivity contribution in [3.05, 3.63) is 35.9 Å². The molecule has 2 N–H and O–H groups in total. The summed E-state index contributed by atoms with van der Waals surface area (Å²) in [5, 5.41) is -0.247. The van der Waals surface area contributed by atoms with E-state index < -0.39 is 9.84 Å². The van der Waals surface area contributed by atoms with Crippen LogP contribution in [0.2, 0.25) is 0 Å². The summed E-state index contributed by atoms with van der Waals surface area (Å²) in [6, 6.07) is 9.90. The second-order valence-corrected chi connectivity index (χ2v) is 7.48. The van der Waals surface area contributed by atoms with Crippen molar-refractivity contribution in [2.24, 2.45) is 10.7 Å². The lowest BCUT2D eigenvalue weighted by atomic mass is 10.2. The summed E-state index contributed by atoms with van der Waals surface area (Å²) in [6.45, 7) is 1.03. The number of guanidine groups is 1.